The van der Waals surface area contributed by atoms with Crippen LogP contribution in [0.4, 0.5) is 10.6 Å². The molecule has 4 aromatic rings. The van der Waals surface area contributed by atoms with Crippen LogP contribution in [-0.2, 0) is 7.05 Å². The Bertz CT molecular complexity index is 1330. The molecule has 1 aliphatic rings. The van der Waals surface area contributed by atoms with Crippen molar-refractivity contribution in [1.29, 1.82) is 0 Å². The summed E-state index contributed by atoms with van der Waals surface area (Å²) in [5.74, 6) is 1.15. The zero-order chi connectivity index (χ0) is 21.5. The number of hydrogen-bond donors (Lipinski definition) is 2. The Kier molecular flexibility index (Phi) is 4.63. The van der Waals surface area contributed by atoms with Gasteiger partial charge in [-0.05, 0) is 12.0 Å². The first kappa shape index (κ1) is 19.2. The van der Waals surface area contributed by atoms with Crippen molar-refractivity contribution in [3.63, 3.8) is 0 Å². The SMILES string of the molecule is Cn1c(C2=CCN(C(=O)O)CC2)nc(-c2ccccc2)c1-c1nc2c(N)ncnc2s1. The molecule has 0 bridgehead atoms. The molecule has 1 aliphatic heterocycles. The Labute approximate surface area is 181 Å². The second kappa shape index (κ2) is 7.47. The third kappa shape index (κ3) is 3.30. The first-order valence-electron chi connectivity index (χ1n) is 9.69. The molecule has 10 heteroatoms. The highest BCUT2D eigenvalue weighted by Gasteiger charge is 2.25. The summed E-state index contributed by atoms with van der Waals surface area (Å²) in [7, 11) is 1.95. The summed E-state index contributed by atoms with van der Waals surface area (Å²) < 4.78 is 2.02. The lowest BCUT2D eigenvalue weighted by Gasteiger charge is -2.23. The van der Waals surface area contributed by atoms with Gasteiger partial charge in [-0.1, -0.05) is 47.7 Å². The number of hydrogen-bond acceptors (Lipinski definition) is 7. The molecule has 0 unspecified atom stereocenters. The maximum absolute atomic E-state index is 11.3. The maximum Gasteiger partial charge on any atom is 0.407 e. The number of nitrogens with two attached hydrogens (primary N) is 1. The van der Waals surface area contributed by atoms with Crippen LogP contribution >= 0.6 is 11.3 Å². The number of nitrogens with zero attached hydrogens (tertiary/aromatic N) is 6. The van der Waals surface area contributed by atoms with Gasteiger partial charge in [0.2, 0.25) is 0 Å². The monoisotopic (exact) mass is 433 g/mol. The van der Waals surface area contributed by atoms with E-state index in [1.54, 1.807) is 0 Å². The zero-order valence-electron chi connectivity index (χ0n) is 16.7. The van der Waals surface area contributed by atoms with Gasteiger partial charge in [-0.3, -0.25) is 0 Å². The van der Waals surface area contributed by atoms with Crippen LogP contribution in [0.5, 0.6) is 0 Å². The predicted octanol–water partition coefficient (Wildman–Crippen LogP) is 3.50. The summed E-state index contributed by atoms with van der Waals surface area (Å²) in [5, 5.41) is 9.99. The fourth-order valence-electron chi connectivity index (χ4n) is 3.75. The van der Waals surface area contributed by atoms with Gasteiger partial charge >= 0.3 is 6.09 Å². The van der Waals surface area contributed by atoms with Crippen LogP contribution in [-0.4, -0.2) is 53.7 Å². The third-order valence-electron chi connectivity index (χ3n) is 5.34. The van der Waals surface area contributed by atoms with Crippen molar-refractivity contribution in [2.45, 2.75) is 6.42 Å². The molecular weight excluding hydrogens is 414 g/mol. The standard InChI is InChI=1S/C21H19N7O2S/c1-27-16(20-26-15-17(22)23-11-24-19(15)31-20)14(12-5-3-2-4-6-12)25-18(27)13-7-9-28(10-8-13)21(29)30/h2-7,11H,8-10H2,1H3,(H,29,30)(H2,22,23,24). The molecule has 4 heterocycles. The van der Waals surface area contributed by atoms with Crippen LogP contribution in [0.2, 0.25) is 0 Å². The van der Waals surface area contributed by atoms with Crippen LogP contribution in [0, 0.1) is 0 Å². The molecule has 3 aromatic heterocycles. The molecule has 3 N–H and O–H groups in total. The molecule has 0 atom stereocenters. The van der Waals surface area contributed by atoms with Gasteiger partial charge in [0.05, 0.1) is 5.69 Å². The van der Waals surface area contributed by atoms with Crippen molar-refractivity contribution in [3.8, 4) is 22.0 Å². The van der Waals surface area contributed by atoms with Crippen molar-refractivity contribution in [2.75, 3.05) is 18.8 Å². The molecule has 1 aromatic carbocycles. The van der Waals surface area contributed by atoms with E-state index in [4.69, 9.17) is 15.7 Å². The Morgan fingerprint density at radius 2 is 2.00 bits per heavy atom. The van der Waals surface area contributed by atoms with E-state index in [0.29, 0.717) is 30.8 Å². The van der Waals surface area contributed by atoms with Crippen LogP contribution in [0.15, 0.2) is 42.7 Å². The van der Waals surface area contributed by atoms with Crippen molar-refractivity contribution >= 4 is 39.2 Å². The molecule has 0 saturated carbocycles. The number of benzene rings is 1. The molecule has 0 saturated heterocycles. The Balaban J connectivity index is 1.68. The number of rotatable bonds is 3. The molecule has 0 fully saturated rings. The lowest BCUT2D eigenvalue weighted by Crippen LogP contribution is -2.33. The van der Waals surface area contributed by atoms with Gasteiger partial charge in [0.1, 0.15) is 33.2 Å². The van der Waals surface area contributed by atoms with Crippen LogP contribution in [0.25, 0.3) is 37.9 Å². The Hall–Kier alpha value is -3.79. The van der Waals surface area contributed by atoms with Crippen molar-refractivity contribution in [1.82, 2.24) is 29.4 Å². The molecule has 0 radical (unpaired) electrons. The molecule has 156 valence electrons. The summed E-state index contributed by atoms with van der Waals surface area (Å²) in [6.07, 6.45) is 3.06. The molecule has 1 amide bonds. The van der Waals surface area contributed by atoms with Crippen LogP contribution in [0.1, 0.15) is 12.2 Å². The molecule has 5 rings (SSSR count). The lowest BCUT2D eigenvalue weighted by atomic mass is 10.1. The molecule has 9 nitrogen and oxygen atoms in total. The number of imidazole rings is 1. The maximum atomic E-state index is 11.3. The van der Waals surface area contributed by atoms with E-state index >= 15 is 0 Å². The molecule has 0 aliphatic carbocycles. The van der Waals surface area contributed by atoms with Gasteiger partial charge < -0.3 is 20.3 Å². The van der Waals surface area contributed by atoms with E-state index in [9.17, 15) is 9.90 Å². The third-order valence-corrected chi connectivity index (χ3v) is 6.31. The number of amides is 1. The smallest absolute Gasteiger partial charge is 0.407 e. The summed E-state index contributed by atoms with van der Waals surface area (Å²) in [6, 6.07) is 9.93. The molecular formula is C21H19N7O2S. The number of aromatic nitrogens is 5. The van der Waals surface area contributed by atoms with E-state index in [-0.39, 0.29) is 0 Å². The average molecular weight is 433 g/mol. The summed E-state index contributed by atoms with van der Waals surface area (Å²) in [4.78, 5) is 31.4. The number of carbonyl (C=O) groups is 1. The Morgan fingerprint density at radius 3 is 2.68 bits per heavy atom. The fraction of sp³-hybridized carbons (Fsp3) is 0.190. The minimum atomic E-state index is -0.908. The second-order valence-corrected chi connectivity index (χ2v) is 8.17. The largest absolute Gasteiger partial charge is 0.465 e. The van der Waals surface area contributed by atoms with E-state index in [1.807, 2.05) is 48.0 Å². The highest BCUT2D eigenvalue weighted by Crippen LogP contribution is 2.38. The normalized spacial score (nSPS) is 14.1. The van der Waals surface area contributed by atoms with E-state index < -0.39 is 6.09 Å². The number of fused-ring (bicyclic) bond motifs is 1. The second-order valence-electron chi connectivity index (χ2n) is 7.20. The predicted molar refractivity (Wildman–Crippen MR) is 119 cm³/mol. The van der Waals surface area contributed by atoms with Gasteiger partial charge in [0.15, 0.2) is 5.82 Å². The van der Waals surface area contributed by atoms with Gasteiger partial charge in [-0.25, -0.2) is 24.7 Å². The van der Waals surface area contributed by atoms with Crippen molar-refractivity contribution < 1.29 is 9.90 Å². The number of anilines is 1. The number of carboxylic acid groups (broad SMARTS) is 1. The lowest BCUT2D eigenvalue weighted by molar-refractivity contribution is 0.150. The van der Waals surface area contributed by atoms with Gasteiger partial charge in [0.25, 0.3) is 0 Å². The topological polar surface area (TPSA) is 123 Å². The van der Waals surface area contributed by atoms with E-state index in [1.165, 1.54) is 22.6 Å². The highest BCUT2D eigenvalue weighted by atomic mass is 32.1. The zero-order valence-corrected chi connectivity index (χ0v) is 17.5. The molecule has 31 heavy (non-hydrogen) atoms. The number of nitrogen functional groups attached to an aromatic ring is 1. The van der Waals surface area contributed by atoms with Crippen molar-refractivity contribution in [3.05, 3.63) is 48.6 Å². The quantitative estimate of drug-likeness (QED) is 0.507. The van der Waals surface area contributed by atoms with Gasteiger partial charge in [0, 0.05) is 25.7 Å². The van der Waals surface area contributed by atoms with E-state index in [2.05, 4.69) is 9.97 Å². The molecule has 0 spiro atoms. The van der Waals surface area contributed by atoms with Crippen molar-refractivity contribution in [2.24, 2.45) is 7.05 Å². The summed E-state index contributed by atoms with van der Waals surface area (Å²) in [6.45, 7) is 0.790. The fourth-order valence-corrected chi connectivity index (χ4v) is 4.74. The van der Waals surface area contributed by atoms with Gasteiger partial charge in [-0.15, -0.1) is 0 Å². The minimum absolute atomic E-state index is 0.347. The summed E-state index contributed by atoms with van der Waals surface area (Å²) in [5.41, 5.74) is 10.3. The van der Waals surface area contributed by atoms with E-state index in [0.717, 1.165) is 38.2 Å². The highest BCUT2D eigenvalue weighted by molar-refractivity contribution is 7.21. The average Bonchev–Trinajstić information content (AvgIpc) is 3.36. The van der Waals surface area contributed by atoms with Gasteiger partial charge in [-0.2, -0.15) is 0 Å². The first-order valence-corrected chi connectivity index (χ1v) is 10.5. The summed E-state index contributed by atoms with van der Waals surface area (Å²) >= 11 is 1.44. The Morgan fingerprint density at radius 1 is 1.19 bits per heavy atom. The first-order chi connectivity index (χ1) is 15.0. The minimum Gasteiger partial charge on any atom is -0.465 e. The van der Waals surface area contributed by atoms with Crippen LogP contribution in [0.3, 0.4) is 0 Å². The number of thiazole rings is 1. The van der Waals surface area contributed by atoms with Crippen LogP contribution < -0.4 is 5.73 Å².